The van der Waals surface area contributed by atoms with E-state index in [1.807, 2.05) is 12.1 Å². The minimum Gasteiger partial charge on any atom is -0.372 e. The van der Waals surface area contributed by atoms with Crippen molar-refractivity contribution in [2.45, 2.75) is 37.7 Å². The summed E-state index contributed by atoms with van der Waals surface area (Å²) in [5.74, 6) is 0. The van der Waals surface area contributed by atoms with E-state index < -0.39 is 10.0 Å². The van der Waals surface area contributed by atoms with Crippen LogP contribution in [0.4, 0.5) is 0 Å². The summed E-state index contributed by atoms with van der Waals surface area (Å²) in [6, 6.07) is 3.75. The number of fused-ring (bicyclic) bond motifs is 1. The average molecular weight is 312 g/mol. The molecule has 7 heteroatoms. The van der Waals surface area contributed by atoms with E-state index in [2.05, 4.69) is 4.98 Å². The number of hydrogen-bond donors (Lipinski definition) is 0. The van der Waals surface area contributed by atoms with E-state index in [0.717, 1.165) is 18.4 Å². The highest BCUT2D eigenvalue weighted by atomic mass is 32.2. The highest BCUT2D eigenvalue weighted by Gasteiger charge is 2.46. The van der Waals surface area contributed by atoms with Gasteiger partial charge < -0.3 is 9.47 Å². The Morgan fingerprint density at radius 2 is 2.33 bits per heavy atom. The van der Waals surface area contributed by atoms with Gasteiger partial charge in [0.2, 0.25) is 10.0 Å². The summed E-state index contributed by atoms with van der Waals surface area (Å²) in [6.07, 6.45) is 6.15. The molecule has 2 heterocycles. The smallest absolute Gasteiger partial charge is 0.211 e. The van der Waals surface area contributed by atoms with Crippen LogP contribution < -0.4 is 0 Å². The van der Waals surface area contributed by atoms with Gasteiger partial charge in [0.05, 0.1) is 31.6 Å². The van der Waals surface area contributed by atoms with Gasteiger partial charge in [-0.05, 0) is 24.5 Å². The molecule has 0 N–H and O–H groups in total. The Labute approximate surface area is 125 Å². The van der Waals surface area contributed by atoms with Gasteiger partial charge in [-0.15, -0.1) is 0 Å². The van der Waals surface area contributed by atoms with Crippen molar-refractivity contribution in [2.75, 3.05) is 19.4 Å². The maximum absolute atomic E-state index is 11.8. The summed E-state index contributed by atoms with van der Waals surface area (Å²) >= 11 is 0. The molecule has 1 aliphatic carbocycles. The van der Waals surface area contributed by atoms with Crippen molar-refractivity contribution < 1.29 is 17.9 Å². The van der Waals surface area contributed by atoms with Crippen LogP contribution >= 0.6 is 0 Å². The maximum Gasteiger partial charge on any atom is 0.211 e. The Morgan fingerprint density at radius 3 is 3.05 bits per heavy atom. The van der Waals surface area contributed by atoms with Crippen molar-refractivity contribution in [3.05, 3.63) is 30.1 Å². The lowest BCUT2D eigenvalue weighted by molar-refractivity contribution is -0.100. The second kappa shape index (κ2) is 6.00. The Morgan fingerprint density at radius 1 is 1.48 bits per heavy atom. The van der Waals surface area contributed by atoms with Crippen molar-refractivity contribution in [3.63, 3.8) is 0 Å². The van der Waals surface area contributed by atoms with Gasteiger partial charge in [0, 0.05) is 18.9 Å². The van der Waals surface area contributed by atoms with Crippen LogP contribution in [0, 0.1) is 0 Å². The van der Waals surface area contributed by atoms with Crippen LogP contribution in [0.5, 0.6) is 0 Å². The van der Waals surface area contributed by atoms with Crippen LogP contribution in [0.3, 0.4) is 0 Å². The van der Waals surface area contributed by atoms with E-state index in [0.29, 0.717) is 19.8 Å². The van der Waals surface area contributed by atoms with Gasteiger partial charge in [0.1, 0.15) is 6.10 Å². The summed E-state index contributed by atoms with van der Waals surface area (Å²) in [7, 11) is -3.18. The minimum atomic E-state index is -3.18. The summed E-state index contributed by atoms with van der Waals surface area (Å²) in [4.78, 5) is 4.06. The van der Waals surface area contributed by atoms with Gasteiger partial charge in [-0.25, -0.2) is 8.42 Å². The van der Waals surface area contributed by atoms with Gasteiger partial charge in [0.15, 0.2) is 0 Å². The summed E-state index contributed by atoms with van der Waals surface area (Å²) < 4.78 is 37.0. The molecular weight excluding hydrogens is 292 g/mol. The molecule has 21 heavy (non-hydrogen) atoms. The molecule has 2 fully saturated rings. The molecular formula is C14H20N2O4S. The van der Waals surface area contributed by atoms with E-state index in [9.17, 15) is 8.42 Å². The number of pyridine rings is 1. The molecule has 1 aliphatic heterocycles. The third-order valence-corrected chi connectivity index (χ3v) is 5.40. The molecule has 0 unspecified atom stereocenters. The summed E-state index contributed by atoms with van der Waals surface area (Å²) in [5, 5.41) is 0. The predicted octanol–water partition coefficient (Wildman–Crippen LogP) is 0.790. The third kappa shape index (κ3) is 3.26. The minimum absolute atomic E-state index is 0.0558. The molecule has 3 rings (SSSR count). The summed E-state index contributed by atoms with van der Waals surface area (Å²) in [5.41, 5.74) is 1.01. The first kappa shape index (κ1) is 14.9. The van der Waals surface area contributed by atoms with E-state index in [4.69, 9.17) is 9.47 Å². The molecule has 3 atom stereocenters. The van der Waals surface area contributed by atoms with Gasteiger partial charge in [-0.3, -0.25) is 4.98 Å². The number of morpholine rings is 1. The van der Waals surface area contributed by atoms with E-state index in [1.54, 1.807) is 16.7 Å². The molecule has 1 aromatic rings. The second-order valence-electron chi connectivity index (χ2n) is 5.56. The Kier molecular flexibility index (Phi) is 4.26. The Balaban J connectivity index is 1.64. The second-order valence-corrected chi connectivity index (χ2v) is 7.50. The molecule has 6 nitrogen and oxygen atoms in total. The normalized spacial score (nSPS) is 30.2. The molecule has 0 spiro atoms. The third-order valence-electron chi connectivity index (χ3n) is 4.10. The van der Waals surface area contributed by atoms with Crippen molar-refractivity contribution in [1.29, 1.82) is 0 Å². The van der Waals surface area contributed by atoms with Crippen LogP contribution in [0.2, 0.25) is 0 Å². The fourth-order valence-corrected chi connectivity index (χ4v) is 4.28. The van der Waals surface area contributed by atoms with Crippen molar-refractivity contribution in [2.24, 2.45) is 0 Å². The first-order chi connectivity index (χ1) is 10.1. The highest BCUT2D eigenvalue weighted by molar-refractivity contribution is 7.88. The number of rotatable bonds is 4. The van der Waals surface area contributed by atoms with Gasteiger partial charge in [-0.2, -0.15) is 4.31 Å². The van der Waals surface area contributed by atoms with Crippen LogP contribution in [0.25, 0.3) is 0 Å². The van der Waals surface area contributed by atoms with E-state index in [1.165, 1.54) is 6.26 Å². The Bertz CT molecular complexity index is 578. The Hall–Kier alpha value is -1.02. The van der Waals surface area contributed by atoms with Crippen LogP contribution in [-0.2, 0) is 26.1 Å². The molecule has 1 aromatic heterocycles. The molecule has 116 valence electrons. The molecule has 2 aliphatic rings. The number of hydrogen-bond acceptors (Lipinski definition) is 5. The standard InChI is InChI=1S/C14H20N2O4S/c1-21(17,18)16-7-8-19-14-12(16)4-5-13(14)20-10-11-3-2-6-15-9-11/h2-3,6,9,12-14H,4-5,7-8,10H2,1H3/t12-,13+,14-/m1/s1. The highest BCUT2D eigenvalue weighted by Crippen LogP contribution is 2.33. The molecule has 0 amide bonds. The lowest BCUT2D eigenvalue weighted by Crippen LogP contribution is -2.53. The summed E-state index contributed by atoms with van der Waals surface area (Å²) in [6.45, 7) is 1.35. The zero-order valence-electron chi connectivity index (χ0n) is 12.0. The number of sulfonamides is 1. The SMILES string of the molecule is CS(=O)(=O)N1CCO[C@H]2[C@@H](OCc3cccnc3)CC[C@H]21. The van der Waals surface area contributed by atoms with Gasteiger partial charge >= 0.3 is 0 Å². The van der Waals surface area contributed by atoms with Gasteiger partial charge in [-0.1, -0.05) is 6.07 Å². The number of nitrogens with zero attached hydrogens (tertiary/aromatic N) is 2. The van der Waals surface area contributed by atoms with Crippen molar-refractivity contribution >= 4 is 10.0 Å². The molecule has 1 saturated heterocycles. The van der Waals surface area contributed by atoms with E-state index in [-0.39, 0.29) is 18.2 Å². The maximum atomic E-state index is 11.8. The average Bonchev–Trinajstić information content (AvgIpc) is 2.88. The first-order valence-electron chi connectivity index (χ1n) is 7.14. The number of aromatic nitrogens is 1. The van der Waals surface area contributed by atoms with Crippen molar-refractivity contribution in [3.8, 4) is 0 Å². The van der Waals surface area contributed by atoms with Crippen molar-refractivity contribution in [1.82, 2.24) is 9.29 Å². The lowest BCUT2D eigenvalue weighted by atomic mass is 10.1. The quantitative estimate of drug-likeness (QED) is 0.822. The fourth-order valence-electron chi connectivity index (χ4n) is 3.16. The molecule has 0 aromatic carbocycles. The molecule has 1 saturated carbocycles. The predicted molar refractivity (Wildman–Crippen MR) is 77.1 cm³/mol. The largest absolute Gasteiger partial charge is 0.372 e. The first-order valence-corrected chi connectivity index (χ1v) is 8.99. The fraction of sp³-hybridized carbons (Fsp3) is 0.643. The topological polar surface area (TPSA) is 68.7 Å². The monoisotopic (exact) mass is 312 g/mol. The van der Waals surface area contributed by atoms with Gasteiger partial charge in [0.25, 0.3) is 0 Å². The molecule has 0 radical (unpaired) electrons. The zero-order chi connectivity index (χ0) is 14.9. The van der Waals surface area contributed by atoms with Crippen LogP contribution in [0.1, 0.15) is 18.4 Å². The lowest BCUT2D eigenvalue weighted by Gasteiger charge is -2.37. The van der Waals surface area contributed by atoms with E-state index >= 15 is 0 Å². The van der Waals surface area contributed by atoms with Crippen LogP contribution in [-0.4, -0.2) is 55.4 Å². The zero-order valence-corrected chi connectivity index (χ0v) is 12.8. The van der Waals surface area contributed by atoms with Crippen LogP contribution in [0.15, 0.2) is 24.5 Å². The number of ether oxygens (including phenoxy) is 2. The molecule has 0 bridgehead atoms.